The number of carbonyl (C=O) groups is 1. The largest absolute Gasteiger partial charge is 0.423 e. The molecule has 3 fully saturated rings. The van der Waals surface area contributed by atoms with Crippen LogP contribution in [0.1, 0.15) is 227 Å². The molecule has 77 heavy (non-hydrogen) atoms. The first-order valence-corrected chi connectivity index (χ1v) is 30.3. The molecule has 0 spiro atoms. The highest BCUT2D eigenvalue weighted by Gasteiger charge is 2.25. The van der Waals surface area contributed by atoms with Gasteiger partial charge in [0.2, 0.25) is 0 Å². The van der Waals surface area contributed by atoms with Crippen LogP contribution in [0.25, 0.3) is 22.3 Å². The van der Waals surface area contributed by atoms with Crippen molar-refractivity contribution in [3.05, 3.63) is 179 Å². The molecule has 0 bridgehead atoms. The van der Waals surface area contributed by atoms with Gasteiger partial charge in [-0.05, 0) is 312 Å². The zero-order valence-corrected chi connectivity index (χ0v) is 51.6. The first-order chi connectivity index (χ1) is 36.5. The molecular weight excluding hydrogens is 933 g/mol. The van der Waals surface area contributed by atoms with Crippen LogP contribution in [0, 0.1) is 128 Å². The normalized spacial score (nSPS) is 20.4. The van der Waals surface area contributed by atoms with E-state index in [2.05, 4.69) is 171 Å². The Kier molecular flexibility index (Phi) is 20.2. The third-order valence-corrected chi connectivity index (χ3v) is 19.4. The summed E-state index contributed by atoms with van der Waals surface area (Å²) in [6.07, 6.45) is 19.0. The van der Waals surface area contributed by atoms with E-state index in [9.17, 15) is 4.79 Å². The molecular formula is C75H100O2. The summed E-state index contributed by atoms with van der Waals surface area (Å²) in [5.74, 6) is 5.45. The lowest BCUT2D eigenvalue weighted by atomic mass is 9.78. The number of esters is 1. The molecule has 0 aromatic heterocycles. The number of aryl methyl sites for hydroxylation is 13. The van der Waals surface area contributed by atoms with Crippen molar-refractivity contribution in [2.75, 3.05) is 0 Å². The zero-order valence-electron chi connectivity index (χ0n) is 51.6. The standard InChI is InChI=1S/C26H36.C25H32O2.C24H32/c1-17-7-9-23(10-8-17)11-12-24-13-20(4)26(21(5)14-24)25-15-18(2)22(6)19(3)16-25;1-15-7-9-21(10-8-15)22-11-18(4)24(19(5)12-22)25(26)27-23-13-16(2)20(6)17(3)14-23;1-15-7-9-21(10-8-15)22-13-18(4)24(19(5)14-22)23-11-16(2)20(6)17(3)12-23/h13-17,23H,7-12H2,1-6H3;11-15,21H,7-10H2,1-6H3;11-15,21H,7-10H2,1-6H3. The van der Waals surface area contributed by atoms with Gasteiger partial charge in [-0.3, -0.25) is 0 Å². The summed E-state index contributed by atoms with van der Waals surface area (Å²) in [6.45, 7) is 40.0. The molecule has 0 N–H and O–H groups in total. The predicted octanol–water partition coefficient (Wildman–Crippen LogP) is 21.6. The fourth-order valence-electron chi connectivity index (χ4n) is 13.6. The van der Waals surface area contributed by atoms with Gasteiger partial charge in [-0.25, -0.2) is 4.79 Å². The maximum atomic E-state index is 12.9. The van der Waals surface area contributed by atoms with Gasteiger partial charge in [0.25, 0.3) is 0 Å². The van der Waals surface area contributed by atoms with E-state index in [1.807, 2.05) is 26.0 Å². The first-order valence-electron chi connectivity index (χ1n) is 30.3. The Bertz CT molecular complexity index is 2890. The monoisotopic (exact) mass is 1030 g/mol. The van der Waals surface area contributed by atoms with Crippen LogP contribution < -0.4 is 4.74 Å². The molecule has 9 rings (SSSR count). The van der Waals surface area contributed by atoms with Gasteiger partial charge < -0.3 is 4.74 Å². The highest BCUT2D eigenvalue weighted by molar-refractivity contribution is 5.94. The summed E-state index contributed by atoms with van der Waals surface area (Å²) < 4.78 is 5.74. The van der Waals surface area contributed by atoms with Gasteiger partial charge in [-0.15, -0.1) is 0 Å². The lowest BCUT2D eigenvalue weighted by Gasteiger charge is -2.27. The van der Waals surface area contributed by atoms with Gasteiger partial charge in [0.1, 0.15) is 5.75 Å². The summed E-state index contributed by atoms with van der Waals surface area (Å²) >= 11 is 0. The lowest BCUT2D eigenvalue weighted by Crippen LogP contribution is -2.15. The molecule has 0 unspecified atom stereocenters. The highest BCUT2D eigenvalue weighted by Crippen LogP contribution is 2.41. The minimum Gasteiger partial charge on any atom is -0.423 e. The second-order valence-electron chi connectivity index (χ2n) is 25.8. The number of rotatable bonds is 9. The molecule has 6 aromatic rings. The van der Waals surface area contributed by atoms with E-state index in [1.54, 1.807) is 5.56 Å². The van der Waals surface area contributed by atoms with E-state index in [0.29, 0.717) is 17.2 Å². The Hall–Kier alpha value is -5.21. The highest BCUT2D eigenvalue weighted by atomic mass is 16.5. The molecule has 2 nitrogen and oxygen atoms in total. The van der Waals surface area contributed by atoms with E-state index in [4.69, 9.17) is 4.74 Å². The predicted molar refractivity (Wildman–Crippen MR) is 333 cm³/mol. The minimum atomic E-state index is -0.253. The van der Waals surface area contributed by atoms with Crippen LogP contribution in [0.2, 0.25) is 0 Å². The van der Waals surface area contributed by atoms with Crippen LogP contribution >= 0.6 is 0 Å². The van der Waals surface area contributed by atoms with Gasteiger partial charge in [0, 0.05) is 0 Å². The fourth-order valence-corrected chi connectivity index (χ4v) is 13.6. The number of hydrogen-bond donors (Lipinski definition) is 0. The summed E-state index contributed by atoms with van der Waals surface area (Å²) in [5.41, 5.74) is 30.6. The van der Waals surface area contributed by atoms with Crippen LogP contribution in [0.3, 0.4) is 0 Å². The summed E-state index contributed by atoms with van der Waals surface area (Å²) in [4.78, 5) is 12.9. The average Bonchev–Trinajstić information content (AvgIpc) is 3.37. The first kappa shape index (κ1) is 59.5. The number of hydrogen-bond acceptors (Lipinski definition) is 2. The quantitative estimate of drug-likeness (QED) is 0.107. The molecule has 3 saturated carbocycles. The maximum absolute atomic E-state index is 12.9. The van der Waals surface area contributed by atoms with E-state index in [-0.39, 0.29) is 5.97 Å². The van der Waals surface area contributed by atoms with E-state index >= 15 is 0 Å². The Labute approximate surface area is 469 Å². The second-order valence-corrected chi connectivity index (χ2v) is 25.8. The third kappa shape index (κ3) is 14.9. The Morgan fingerprint density at radius 1 is 0.377 bits per heavy atom. The molecule has 0 aliphatic heterocycles. The Balaban J connectivity index is 0.000000168. The molecule has 3 aliphatic carbocycles. The number of carbonyl (C=O) groups excluding carboxylic acids is 1. The zero-order chi connectivity index (χ0) is 56.0. The molecule has 6 aromatic carbocycles. The fraction of sp³-hybridized carbons (Fsp3) is 0.507. The van der Waals surface area contributed by atoms with Crippen molar-refractivity contribution in [3.63, 3.8) is 0 Å². The Morgan fingerprint density at radius 2 is 0.688 bits per heavy atom. The Morgan fingerprint density at radius 3 is 1.05 bits per heavy atom. The van der Waals surface area contributed by atoms with Crippen LogP contribution in [-0.4, -0.2) is 5.97 Å². The van der Waals surface area contributed by atoms with Crippen LogP contribution in [0.4, 0.5) is 0 Å². The topological polar surface area (TPSA) is 26.3 Å². The van der Waals surface area contributed by atoms with Crippen molar-refractivity contribution in [1.82, 2.24) is 0 Å². The van der Waals surface area contributed by atoms with Crippen LogP contribution in [0.15, 0.2) is 72.8 Å². The van der Waals surface area contributed by atoms with Crippen molar-refractivity contribution in [2.45, 2.75) is 226 Å². The van der Waals surface area contributed by atoms with E-state index < -0.39 is 0 Å². The van der Waals surface area contributed by atoms with Crippen molar-refractivity contribution in [2.24, 2.45) is 23.7 Å². The van der Waals surface area contributed by atoms with Crippen molar-refractivity contribution >= 4 is 5.97 Å². The molecule has 0 heterocycles. The van der Waals surface area contributed by atoms with Crippen molar-refractivity contribution in [1.29, 1.82) is 0 Å². The van der Waals surface area contributed by atoms with Crippen molar-refractivity contribution < 1.29 is 9.53 Å². The van der Waals surface area contributed by atoms with Gasteiger partial charge in [0.15, 0.2) is 0 Å². The molecule has 2 heteroatoms. The molecule has 0 atom stereocenters. The minimum absolute atomic E-state index is 0.253. The number of ether oxygens (including phenoxy) is 1. The molecule has 3 aliphatic rings. The van der Waals surface area contributed by atoms with Gasteiger partial charge >= 0.3 is 5.97 Å². The number of benzene rings is 6. The average molecular weight is 1030 g/mol. The smallest absolute Gasteiger partial charge is 0.344 e. The van der Waals surface area contributed by atoms with Crippen molar-refractivity contribution in [3.8, 4) is 28.0 Å². The second kappa shape index (κ2) is 26.2. The third-order valence-electron chi connectivity index (χ3n) is 19.4. The van der Waals surface area contributed by atoms with Gasteiger partial charge in [-0.2, -0.15) is 0 Å². The SMILES string of the molecule is Cc1cc(-c2c(C)cc(C3CCC(C)CC3)cc2C)cc(C)c1C.Cc1cc(-c2c(C)cc(CCC3CCC(C)CC3)cc2C)cc(C)c1C.Cc1cc(OC(=O)c2c(C)cc(C3CCC(C)CC3)cc2C)cc(C)c1C. The van der Waals surface area contributed by atoms with Crippen LogP contribution in [-0.2, 0) is 6.42 Å². The van der Waals surface area contributed by atoms with E-state index in [1.165, 1.54) is 184 Å². The van der Waals surface area contributed by atoms with E-state index in [0.717, 1.165) is 51.8 Å². The molecule has 412 valence electrons. The summed E-state index contributed by atoms with van der Waals surface area (Å²) in [7, 11) is 0. The molecule has 0 saturated heterocycles. The lowest BCUT2D eigenvalue weighted by molar-refractivity contribution is 0.0733. The van der Waals surface area contributed by atoms with Gasteiger partial charge in [-0.1, -0.05) is 133 Å². The van der Waals surface area contributed by atoms with Crippen LogP contribution in [0.5, 0.6) is 5.75 Å². The van der Waals surface area contributed by atoms with Gasteiger partial charge in [0.05, 0.1) is 5.56 Å². The molecule has 0 amide bonds. The molecule has 0 radical (unpaired) electrons. The summed E-state index contributed by atoms with van der Waals surface area (Å²) in [5, 5.41) is 0. The maximum Gasteiger partial charge on any atom is 0.344 e. The summed E-state index contributed by atoms with van der Waals surface area (Å²) in [6, 6.07) is 27.6.